The first-order chi connectivity index (χ1) is 11.7. The van der Waals surface area contributed by atoms with Crippen LogP contribution < -0.4 is 5.32 Å². The molecule has 0 radical (unpaired) electrons. The number of anilines is 1. The molecule has 1 heterocycles. The van der Waals surface area contributed by atoms with Crippen LogP contribution >= 0.6 is 0 Å². The molecular formula is C22H39NSn. The molecule has 0 saturated heterocycles. The minimum atomic E-state index is -2.02. The molecule has 0 fully saturated rings. The first-order valence-corrected chi connectivity index (χ1v) is 18.6. The second-order valence-electron chi connectivity index (χ2n) is 8.01. The molecule has 0 amide bonds. The van der Waals surface area contributed by atoms with Gasteiger partial charge in [-0.1, -0.05) is 0 Å². The van der Waals surface area contributed by atoms with Crippen LogP contribution in [0, 0.1) is 0 Å². The molecule has 24 heavy (non-hydrogen) atoms. The summed E-state index contributed by atoms with van der Waals surface area (Å²) in [4.78, 5) is 0. The van der Waals surface area contributed by atoms with Crippen molar-refractivity contribution in [2.45, 2.75) is 89.4 Å². The standard InChI is InChI=1S/C10H12N.3C4H9.Sn/c1-8-6-7-11-10-5-3-2-4-9(8)10;3*1-3-4-2;/h2-5,8,11H,1,6-7H2;3*1,3-4H2,2H3;. The molecular weight excluding hydrogens is 397 g/mol. The molecule has 0 bridgehead atoms. The fourth-order valence-electron chi connectivity index (χ4n) is 4.62. The van der Waals surface area contributed by atoms with Crippen LogP contribution in [0.2, 0.25) is 17.7 Å². The molecule has 0 aliphatic carbocycles. The van der Waals surface area contributed by atoms with E-state index in [4.69, 9.17) is 0 Å². The fourth-order valence-corrected chi connectivity index (χ4v) is 22.2. The third-order valence-electron chi connectivity index (χ3n) is 6.07. The Labute approximate surface area is 154 Å². The van der Waals surface area contributed by atoms with E-state index >= 15 is 0 Å². The summed E-state index contributed by atoms with van der Waals surface area (Å²) in [7, 11) is 0. The summed E-state index contributed by atoms with van der Waals surface area (Å²) in [5.74, 6) is 0.851. The zero-order valence-corrected chi connectivity index (χ0v) is 19.2. The van der Waals surface area contributed by atoms with Gasteiger partial charge in [0.2, 0.25) is 0 Å². The van der Waals surface area contributed by atoms with E-state index < -0.39 is 18.4 Å². The molecule has 1 unspecified atom stereocenters. The molecule has 1 nitrogen and oxygen atoms in total. The van der Waals surface area contributed by atoms with Gasteiger partial charge < -0.3 is 0 Å². The molecule has 1 aliphatic rings. The fraction of sp³-hybridized carbons (Fsp3) is 0.727. The normalized spacial score (nSPS) is 17.4. The Bertz CT molecular complexity index is 449. The first-order valence-electron chi connectivity index (χ1n) is 10.6. The average Bonchev–Trinajstić information content (AvgIpc) is 2.63. The number of hydrogen-bond acceptors (Lipinski definition) is 1. The number of fused-ring (bicyclic) bond motifs is 1. The predicted octanol–water partition coefficient (Wildman–Crippen LogP) is 7.43. The van der Waals surface area contributed by atoms with Crippen LogP contribution in [-0.4, -0.2) is 24.9 Å². The van der Waals surface area contributed by atoms with Crippen molar-refractivity contribution in [3.63, 3.8) is 0 Å². The Morgan fingerprint density at radius 1 is 0.917 bits per heavy atom. The van der Waals surface area contributed by atoms with Gasteiger partial charge in [0.25, 0.3) is 0 Å². The van der Waals surface area contributed by atoms with Gasteiger partial charge >= 0.3 is 155 Å². The van der Waals surface area contributed by atoms with E-state index in [-0.39, 0.29) is 0 Å². The molecule has 136 valence electrons. The summed E-state index contributed by atoms with van der Waals surface area (Å²) >= 11 is -2.02. The van der Waals surface area contributed by atoms with Crippen LogP contribution in [0.5, 0.6) is 0 Å². The number of benzene rings is 1. The van der Waals surface area contributed by atoms with Gasteiger partial charge in [0.15, 0.2) is 0 Å². The third kappa shape index (κ3) is 5.68. The molecule has 1 aliphatic heterocycles. The SMILES string of the molecule is CCC[CH2][Sn]([CH2]CCC)([CH2]CCC)[CH2]C1CCNc2ccccc21. The number of unbranched alkanes of at least 4 members (excludes halogenated alkanes) is 3. The average molecular weight is 436 g/mol. The van der Waals surface area contributed by atoms with E-state index in [0.29, 0.717) is 0 Å². The molecule has 1 aromatic rings. The van der Waals surface area contributed by atoms with Gasteiger partial charge in [-0.3, -0.25) is 0 Å². The topological polar surface area (TPSA) is 12.0 Å². The van der Waals surface area contributed by atoms with Crippen LogP contribution in [0.25, 0.3) is 0 Å². The summed E-state index contributed by atoms with van der Waals surface area (Å²) in [6, 6.07) is 9.14. The van der Waals surface area contributed by atoms with Crippen LogP contribution in [0.15, 0.2) is 24.3 Å². The van der Waals surface area contributed by atoms with E-state index in [0.717, 1.165) is 5.92 Å². The van der Waals surface area contributed by atoms with Crippen LogP contribution in [0.4, 0.5) is 5.69 Å². The van der Waals surface area contributed by atoms with Crippen molar-refractivity contribution in [1.29, 1.82) is 0 Å². The zero-order valence-electron chi connectivity index (χ0n) is 16.4. The van der Waals surface area contributed by atoms with Crippen LogP contribution in [-0.2, 0) is 0 Å². The van der Waals surface area contributed by atoms with E-state index in [1.807, 2.05) is 0 Å². The molecule has 0 saturated carbocycles. The number of rotatable bonds is 11. The van der Waals surface area contributed by atoms with E-state index in [2.05, 4.69) is 50.4 Å². The molecule has 1 N–H and O–H groups in total. The number of nitrogens with one attached hydrogen (secondary N) is 1. The molecule has 2 heteroatoms. The second kappa shape index (κ2) is 10.7. The van der Waals surface area contributed by atoms with Gasteiger partial charge in [-0.2, -0.15) is 0 Å². The Kier molecular flexibility index (Phi) is 9.00. The van der Waals surface area contributed by atoms with Crippen molar-refractivity contribution in [3.05, 3.63) is 29.8 Å². The Morgan fingerprint density at radius 2 is 1.50 bits per heavy atom. The molecule has 1 aromatic carbocycles. The number of hydrogen-bond donors (Lipinski definition) is 1. The van der Waals surface area contributed by atoms with Crippen molar-refractivity contribution in [2.24, 2.45) is 0 Å². The van der Waals surface area contributed by atoms with E-state index in [1.165, 1.54) is 57.2 Å². The van der Waals surface area contributed by atoms with Gasteiger partial charge in [-0.15, -0.1) is 0 Å². The summed E-state index contributed by atoms with van der Waals surface area (Å²) < 4.78 is 6.57. The molecule has 1 atom stereocenters. The molecule has 0 spiro atoms. The van der Waals surface area contributed by atoms with Gasteiger partial charge in [-0.25, -0.2) is 0 Å². The maximum absolute atomic E-state index is 3.63. The predicted molar refractivity (Wildman–Crippen MR) is 112 cm³/mol. The molecule has 0 aromatic heterocycles. The second-order valence-corrected chi connectivity index (χ2v) is 22.0. The van der Waals surface area contributed by atoms with Gasteiger partial charge in [0, 0.05) is 0 Å². The van der Waals surface area contributed by atoms with Gasteiger partial charge in [0.05, 0.1) is 0 Å². The van der Waals surface area contributed by atoms with E-state index in [9.17, 15) is 0 Å². The first kappa shape index (κ1) is 20.1. The zero-order chi connectivity index (χ0) is 17.3. The van der Waals surface area contributed by atoms with Crippen molar-refractivity contribution in [3.8, 4) is 0 Å². The Balaban J connectivity index is 2.19. The van der Waals surface area contributed by atoms with Gasteiger partial charge in [0.1, 0.15) is 0 Å². The quantitative estimate of drug-likeness (QED) is 0.356. The summed E-state index contributed by atoms with van der Waals surface area (Å²) in [6.45, 7) is 8.33. The number of para-hydroxylation sites is 1. The third-order valence-corrected chi connectivity index (χ3v) is 22.1. The van der Waals surface area contributed by atoms with Crippen molar-refractivity contribution in [1.82, 2.24) is 0 Å². The van der Waals surface area contributed by atoms with Crippen molar-refractivity contribution < 1.29 is 0 Å². The summed E-state index contributed by atoms with van der Waals surface area (Å²) in [5.41, 5.74) is 3.06. The van der Waals surface area contributed by atoms with Crippen molar-refractivity contribution >= 4 is 24.1 Å². The Hall–Kier alpha value is -0.181. The maximum atomic E-state index is 3.63. The summed E-state index contributed by atoms with van der Waals surface area (Å²) in [5, 5.41) is 3.63. The van der Waals surface area contributed by atoms with Crippen LogP contribution in [0.1, 0.15) is 77.2 Å². The monoisotopic (exact) mass is 437 g/mol. The minimum absolute atomic E-state index is 0.851. The van der Waals surface area contributed by atoms with E-state index in [1.54, 1.807) is 23.3 Å². The Morgan fingerprint density at radius 3 is 2.08 bits per heavy atom. The summed E-state index contributed by atoms with van der Waals surface area (Å²) in [6.07, 6.45) is 10.0. The van der Waals surface area contributed by atoms with Crippen LogP contribution in [0.3, 0.4) is 0 Å². The molecule has 2 rings (SSSR count). The van der Waals surface area contributed by atoms with Crippen molar-refractivity contribution in [2.75, 3.05) is 11.9 Å². The van der Waals surface area contributed by atoms with Gasteiger partial charge in [-0.05, 0) is 0 Å².